The Morgan fingerprint density at radius 1 is 1.38 bits per heavy atom. The fourth-order valence-electron chi connectivity index (χ4n) is 2.60. The standard InChI is InChI=1S/C17H21N3O2S.ClH/c1-3-22-13-6-4-12(5-7-13)10-16(21)19-17-18-14-8-9-20(2)11-15(14)23-17;/h4-7H,3,8-11H2,1-2H3,(H,18,19,21);1H. The zero-order valence-corrected chi connectivity index (χ0v) is 15.5. The quantitative estimate of drug-likeness (QED) is 0.882. The number of carbonyl (C=O) groups is 1. The Bertz CT molecular complexity index is 688. The number of thiazole rings is 1. The van der Waals surface area contributed by atoms with Crippen LogP contribution in [0.2, 0.25) is 0 Å². The molecule has 7 heteroatoms. The molecule has 2 aromatic rings. The number of amides is 1. The highest BCUT2D eigenvalue weighted by atomic mass is 35.5. The summed E-state index contributed by atoms with van der Waals surface area (Å²) in [6.07, 6.45) is 1.30. The van der Waals surface area contributed by atoms with Crippen molar-refractivity contribution in [3.63, 3.8) is 0 Å². The van der Waals surface area contributed by atoms with Crippen LogP contribution >= 0.6 is 23.7 Å². The van der Waals surface area contributed by atoms with Gasteiger partial charge in [0, 0.05) is 24.4 Å². The molecule has 0 bridgehead atoms. The number of carbonyl (C=O) groups excluding carboxylic acids is 1. The van der Waals surface area contributed by atoms with Gasteiger partial charge in [-0.15, -0.1) is 23.7 Å². The minimum Gasteiger partial charge on any atom is -0.494 e. The van der Waals surface area contributed by atoms with Crippen LogP contribution in [0.1, 0.15) is 23.1 Å². The molecule has 1 aliphatic rings. The van der Waals surface area contributed by atoms with Crippen LogP contribution in [0.25, 0.3) is 0 Å². The van der Waals surface area contributed by atoms with Crippen LogP contribution in [0.3, 0.4) is 0 Å². The predicted octanol–water partition coefficient (Wildman–Crippen LogP) is 3.13. The lowest BCUT2D eigenvalue weighted by atomic mass is 10.1. The van der Waals surface area contributed by atoms with Gasteiger partial charge >= 0.3 is 0 Å². The number of likely N-dealkylation sites (N-methyl/N-ethyl adjacent to an activating group) is 1. The van der Waals surface area contributed by atoms with Crippen molar-refractivity contribution in [1.82, 2.24) is 9.88 Å². The number of fused-ring (bicyclic) bond motifs is 1. The largest absolute Gasteiger partial charge is 0.494 e. The van der Waals surface area contributed by atoms with Crippen LogP contribution in [-0.4, -0.2) is 36.0 Å². The lowest BCUT2D eigenvalue weighted by Gasteiger charge is -2.20. The number of ether oxygens (including phenoxy) is 1. The van der Waals surface area contributed by atoms with Gasteiger partial charge in [-0.1, -0.05) is 12.1 Å². The lowest BCUT2D eigenvalue weighted by molar-refractivity contribution is -0.115. The van der Waals surface area contributed by atoms with E-state index in [0.29, 0.717) is 18.2 Å². The second kappa shape index (κ2) is 8.46. The maximum atomic E-state index is 12.2. The van der Waals surface area contributed by atoms with E-state index < -0.39 is 0 Å². The van der Waals surface area contributed by atoms with Crippen molar-refractivity contribution in [2.45, 2.75) is 26.3 Å². The first kappa shape index (κ1) is 18.7. The van der Waals surface area contributed by atoms with Gasteiger partial charge in [-0.25, -0.2) is 4.98 Å². The van der Waals surface area contributed by atoms with Gasteiger partial charge in [0.2, 0.25) is 5.91 Å². The fraction of sp³-hybridized carbons (Fsp3) is 0.412. The fourth-order valence-corrected chi connectivity index (χ4v) is 3.70. The van der Waals surface area contributed by atoms with Crippen molar-refractivity contribution in [3.8, 4) is 5.75 Å². The van der Waals surface area contributed by atoms with E-state index in [-0.39, 0.29) is 18.3 Å². The van der Waals surface area contributed by atoms with Gasteiger partial charge in [-0.3, -0.25) is 4.79 Å². The monoisotopic (exact) mass is 367 g/mol. The van der Waals surface area contributed by atoms with Crippen molar-refractivity contribution in [2.24, 2.45) is 0 Å². The zero-order chi connectivity index (χ0) is 16.2. The van der Waals surface area contributed by atoms with Gasteiger partial charge in [0.05, 0.1) is 18.7 Å². The van der Waals surface area contributed by atoms with Gasteiger partial charge in [-0.2, -0.15) is 0 Å². The van der Waals surface area contributed by atoms with Crippen LogP contribution in [-0.2, 0) is 24.2 Å². The minimum atomic E-state index is -0.0337. The third-order valence-corrected chi connectivity index (χ3v) is 4.77. The first-order valence-electron chi connectivity index (χ1n) is 7.82. The Hall–Kier alpha value is -1.63. The van der Waals surface area contributed by atoms with Crippen LogP contribution in [0.15, 0.2) is 24.3 Å². The molecule has 1 amide bonds. The smallest absolute Gasteiger partial charge is 0.230 e. The number of hydrogen-bond donors (Lipinski definition) is 1. The molecular weight excluding hydrogens is 346 g/mol. The predicted molar refractivity (Wildman–Crippen MR) is 99.3 cm³/mol. The zero-order valence-electron chi connectivity index (χ0n) is 13.9. The number of benzene rings is 1. The second-order valence-electron chi connectivity index (χ2n) is 5.68. The summed E-state index contributed by atoms with van der Waals surface area (Å²) in [5.74, 6) is 0.794. The molecule has 0 spiro atoms. The first-order chi connectivity index (χ1) is 11.1. The average molecular weight is 368 g/mol. The molecule has 3 rings (SSSR count). The molecule has 2 heterocycles. The van der Waals surface area contributed by atoms with Gasteiger partial charge in [0.15, 0.2) is 5.13 Å². The minimum absolute atomic E-state index is 0. The molecule has 1 N–H and O–H groups in total. The van der Waals surface area contributed by atoms with E-state index in [0.717, 1.165) is 36.5 Å². The highest BCUT2D eigenvalue weighted by Crippen LogP contribution is 2.27. The van der Waals surface area contributed by atoms with Gasteiger partial charge in [-0.05, 0) is 31.7 Å². The van der Waals surface area contributed by atoms with Gasteiger partial charge < -0.3 is 15.0 Å². The molecule has 24 heavy (non-hydrogen) atoms. The van der Waals surface area contributed by atoms with Crippen LogP contribution < -0.4 is 10.1 Å². The molecule has 5 nitrogen and oxygen atoms in total. The van der Waals surface area contributed by atoms with Crippen LogP contribution in [0, 0.1) is 0 Å². The summed E-state index contributed by atoms with van der Waals surface area (Å²) >= 11 is 1.58. The summed E-state index contributed by atoms with van der Waals surface area (Å²) in [4.78, 5) is 20.3. The molecule has 0 aliphatic carbocycles. The molecule has 1 aromatic carbocycles. The van der Waals surface area contributed by atoms with Crippen molar-refractivity contribution in [1.29, 1.82) is 0 Å². The van der Waals surface area contributed by atoms with E-state index in [9.17, 15) is 4.79 Å². The summed E-state index contributed by atoms with van der Waals surface area (Å²) in [5, 5.41) is 3.63. The summed E-state index contributed by atoms with van der Waals surface area (Å²) in [6.45, 7) is 4.54. The van der Waals surface area contributed by atoms with Gasteiger partial charge in [0.1, 0.15) is 5.75 Å². The second-order valence-corrected chi connectivity index (χ2v) is 6.76. The molecule has 130 valence electrons. The topological polar surface area (TPSA) is 54.5 Å². The Kier molecular flexibility index (Phi) is 6.60. The van der Waals surface area contributed by atoms with Crippen molar-refractivity contribution >= 4 is 34.8 Å². The van der Waals surface area contributed by atoms with Crippen LogP contribution in [0.4, 0.5) is 5.13 Å². The third-order valence-electron chi connectivity index (χ3n) is 3.77. The number of halogens is 1. The molecule has 0 unspecified atom stereocenters. The molecule has 0 radical (unpaired) electrons. The number of nitrogens with zero attached hydrogens (tertiary/aromatic N) is 2. The number of hydrogen-bond acceptors (Lipinski definition) is 5. The molecular formula is C17H22ClN3O2S. The normalized spacial score (nSPS) is 13.8. The Morgan fingerprint density at radius 3 is 2.83 bits per heavy atom. The third kappa shape index (κ3) is 4.69. The van der Waals surface area contributed by atoms with Crippen molar-refractivity contribution in [2.75, 3.05) is 25.5 Å². The van der Waals surface area contributed by atoms with Crippen LogP contribution in [0.5, 0.6) is 5.75 Å². The Morgan fingerprint density at radius 2 is 2.12 bits per heavy atom. The maximum Gasteiger partial charge on any atom is 0.230 e. The summed E-state index contributed by atoms with van der Waals surface area (Å²) in [5.41, 5.74) is 2.09. The number of anilines is 1. The Labute approximate surface area is 152 Å². The number of aromatic nitrogens is 1. The maximum absolute atomic E-state index is 12.2. The molecule has 0 fully saturated rings. The number of rotatable bonds is 5. The highest BCUT2D eigenvalue weighted by Gasteiger charge is 2.19. The first-order valence-corrected chi connectivity index (χ1v) is 8.64. The lowest BCUT2D eigenvalue weighted by Crippen LogP contribution is -2.25. The van der Waals surface area contributed by atoms with E-state index in [1.165, 1.54) is 4.88 Å². The summed E-state index contributed by atoms with van der Waals surface area (Å²) in [6, 6.07) is 7.63. The van der Waals surface area contributed by atoms with E-state index in [2.05, 4.69) is 22.2 Å². The molecule has 0 saturated heterocycles. The number of nitrogens with one attached hydrogen (secondary N) is 1. The van der Waals surface area contributed by atoms with E-state index in [4.69, 9.17) is 4.74 Å². The van der Waals surface area contributed by atoms with Crippen molar-refractivity contribution in [3.05, 3.63) is 40.4 Å². The summed E-state index contributed by atoms with van der Waals surface area (Å²) < 4.78 is 5.40. The highest BCUT2D eigenvalue weighted by molar-refractivity contribution is 7.15. The van der Waals surface area contributed by atoms with E-state index >= 15 is 0 Å². The molecule has 0 atom stereocenters. The summed E-state index contributed by atoms with van der Waals surface area (Å²) in [7, 11) is 2.10. The van der Waals surface area contributed by atoms with Crippen molar-refractivity contribution < 1.29 is 9.53 Å². The molecule has 1 aliphatic heterocycles. The molecule has 1 aromatic heterocycles. The van der Waals surface area contributed by atoms with E-state index in [1.807, 2.05) is 31.2 Å². The van der Waals surface area contributed by atoms with Gasteiger partial charge in [0.25, 0.3) is 0 Å². The Balaban J connectivity index is 0.00000208. The molecule has 0 saturated carbocycles. The average Bonchev–Trinajstić information content (AvgIpc) is 2.90. The van der Waals surface area contributed by atoms with E-state index in [1.54, 1.807) is 11.3 Å². The SMILES string of the molecule is CCOc1ccc(CC(=O)Nc2nc3c(s2)CN(C)CC3)cc1.Cl.